The van der Waals surface area contributed by atoms with Crippen molar-refractivity contribution in [3.8, 4) is 5.75 Å². The number of carboxylic acid groups (broad SMARTS) is 1. The third-order valence-electron chi connectivity index (χ3n) is 2.28. The van der Waals surface area contributed by atoms with Gasteiger partial charge in [-0.15, -0.1) is 0 Å². The molecule has 82 valence electrons. The van der Waals surface area contributed by atoms with E-state index in [2.05, 4.69) is 15.9 Å². The lowest BCUT2D eigenvalue weighted by Gasteiger charge is -2.14. The second-order valence-electron chi connectivity index (χ2n) is 3.19. The molecule has 0 aliphatic heterocycles. The molecule has 0 saturated carbocycles. The Labute approximate surface area is 97.2 Å². The van der Waals surface area contributed by atoms with Crippen LogP contribution in [0.3, 0.4) is 0 Å². The molecular formula is C11H13BrO3. The zero-order chi connectivity index (χ0) is 11.4. The van der Waals surface area contributed by atoms with Gasteiger partial charge in [-0.25, -0.2) is 0 Å². The van der Waals surface area contributed by atoms with Crippen LogP contribution in [0.1, 0.15) is 24.8 Å². The molecule has 0 saturated heterocycles. The van der Waals surface area contributed by atoms with Crippen molar-refractivity contribution in [3.05, 3.63) is 28.2 Å². The highest BCUT2D eigenvalue weighted by Crippen LogP contribution is 2.31. The second-order valence-corrected chi connectivity index (χ2v) is 4.10. The fourth-order valence-corrected chi connectivity index (χ4v) is 1.84. The van der Waals surface area contributed by atoms with E-state index in [1.165, 1.54) is 0 Å². The Kier molecular flexibility index (Phi) is 4.15. The Morgan fingerprint density at radius 3 is 2.73 bits per heavy atom. The van der Waals surface area contributed by atoms with E-state index in [0.29, 0.717) is 12.2 Å². The van der Waals surface area contributed by atoms with Crippen molar-refractivity contribution in [2.75, 3.05) is 7.11 Å². The molecule has 1 atom stereocenters. The molecule has 0 aliphatic rings. The van der Waals surface area contributed by atoms with Crippen molar-refractivity contribution in [2.45, 2.75) is 19.3 Å². The lowest BCUT2D eigenvalue weighted by molar-refractivity contribution is -0.138. The molecule has 0 amide bonds. The molecule has 1 rings (SSSR count). The molecule has 0 heterocycles. The van der Waals surface area contributed by atoms with E-state index >= 15 is 0 Å². The van der Waals surface area contributed by atoms with Gasteiger partial charge in [0.1, 0.15) is 5.75 Å². The number of aliphatic carboxylic acids is 1. The van der Waals surface area contributed by atoms with Crippen molar-refractivity contribution in [3.63, 3.8) is 0 Å². The number of benzene rings is 1. The van der Waals surface area contributed by atoms with Gasteiger partial charge in [-0.3, -0.25) is 4.79 Å². The molecule has 1 aromatic rings. The lowest BCUT2D eigenvalue weighted by Crippen LogP contribution is -2.11. The van der Waals surface area contributed by atoms with Crippen molar-refractivity contribution in [1.29, 1.82) is 0 Å². The minimum atomic E-state index is -0.821. The van der Waals surface area contributed by atoms with E-state index in [-0.39, 0.29) is 0 Å². The van der Waals surface area contributed by atoms with Crippen LogP contribution in [0.2, 0.25) is 0 Å². The molecule has 3 nitrogen and oxygen atoms in total. The second kappa shape index (κ2) is 5.16. The number of ether oxygens (including phenoxy) is 1. The average Bonchev–Trinajstić information content (AvgIpc) is 2.20. The predicted molar refractivity (Wildman–Crippen MR) is 61.4 cm³/mol. The minimum absolute atomic E-state index is 0.506. The smallest absolute Gasteiger partial charge is 0.311 e. The van der Waals surface area contributed by atoms with Gasteiger partial charge in [-0.2, -0.15) is 0 Å². The molecule has 0 bridgehead atoms. The normalized spacial score (nSPS) is 12.2. The summed E-state index contributed by atoms with van der Waals surface area (Å²) in [4.78, 5) is 11.0. The molecule has 0 spiro atoms. The van der Waals surface area contributed by atoms with Crippen molar-refractivity contribution >= 4 is 21.9 Å². The maximum atomic E-state index is 11.0. The first-order valence-corrected chi connectivity index (χ1v) is 5.45. The number of hydrogen-bond donors (Lipinski definition) is 1. The molecule has 1 unspecified atom stereocenters. The molecule has 1 N–H and O–H groups in total. The molecule has 0 aromatic heterocycles. The van der Waals surface area contributed by atoms with E-state index in [9.17, 15) is 4.79 Å². The molecule has 0 fully saturated rings. The minimum Gasteiger partial charge on any atom is -0.496 e. The molecule has 1 aromatic carbocycles. The number of halogens is 1. The van der Waals surface area contributed by atoms with E-state index in [1.54, 1.807) is 19.2 Å². The van der Waals surface area contributed by atoms with Crippen LogP contribution in [0.25, 0.3) is 0 Å². The van der Waals surface area contributed by atoms with Gasteiger partial charge >= 0.3 is 5.97 Å². The highest BCUT2D eigenvalue weighted by molar-refractivity contribution is 9.10. The zero-order valence-electron chi connectivity index (χ0n) is 8.66. The van der Waals surface area contributed by atoms with E-state index in [4.69, 9.17) is 9.84 Å². The predicted octanol–water partition coefficient (Wildman–Crippen LogP) is 3.04. The van der Waals surface area contributed by atoms with Crippen LogP contribution in [0, 0.1) is 0 Å². The van der Waals surface area contributed by atoms with Crippen LogP contribution in [0.4, 0.5) is 0 Å². The van der Waals surface area contributed by atoms with Crippen molar-refractivity contribution in [1.82, 2.24) is 0 Å². The van der Waals surface area contributed by atoms with Crippen LogP contribution < -0.4 is 4.74 Å². The number of methoxy groups -OCH3 is 1. The quantitative estimate of drug-likeness (QED) is 0.917. The molecule has 4 heteroatoms. The van der Waals surface area contributed by atoms with E-state index < -0.39 is 11.9 Å². The van der Waals surface area contributed by atoms with Gasteiger partial charge in [0.15, 0.2) is 0 Å². The first kappa shape index (κ1) is 12.0. The lowest BCUT2D eigenvalue weighted by atomic mass is 9.96. The van der Waals surface area contributed by atoms with Crippen LogP contribution in [-0.2, 0) is 4.79 Å². The highest BCUT2D eigenvalue weighted by Gasteiger charge is 2.21. The van der Waals surface area contributed by atoms with Gasteiger partial charge in [0.2, 0.25) is 0 Å². The zero-order valence-corrected chi connectivity index (χ0v) is 10.2. The molecule has 15 heavy (non-hydrogen) atoms. The van der Waals surface area contributed by atoms with Gasteiger partial charge in [0.25, 0.3) is 0 Å². The summed E-state index contributed by atoms with van der Waals surface area (Å²) in [5, 5.41) is 9.05. The molecule has 0 radical (unpaired) electrons. The number of hydrogen-bond acceptors (Lipinski definition) is 2. The van der Waals surface area contributed by atoms with Gasteiger partial charge in [-0.1, -0.05) is 28.9 Å². The van der Waals surface area contributed by atoms with E-state index in [1.807, 2.05) is 13.0 Å². The standard InChI is InChI=1S/C11H13BrO3/c1-3-8(11(13)14)9-5-4-7(12)6-10(9)15-2/h4-6,8H,3H2,1-2H3,(H,13,14). The maximum Gasteiger partial charge on any atom is 0.311 e. The monoisotopic (exact) mass is 272 g/mol. The Balaban J connectivity index is 3.16. The first-order valence-electron chi connectivity index (χ1n) is 4.66. The fourth-order valence-electron chi connectivity index (χ4n) is 1.50. The Morgan fingerprint density at radius 2 is 2.27 bits per heavy atom. The Bertz CT molecular complexity index is 363. The third-order valence-corrected chi connectivity index (χ3v) is 2.77. The summed E-state index contributed by atoms with van der Waals surface area (Å²) in [6.07, 6.45) is 0.549. The number of carbonyl (C=O) groups is 1. The molecular weight excluding hydrogens is 260 g/mol. The van der Waals surface area contributed by atoms with Crippen molar-refractivity contribution in [2.24, 2.45) is 0 Å². The SMILES string of the molecule is CCC(C(=O)O)c1ccc(Br)cc1OC. The fraction of sp³-hybridized carbons (Fsp3) is 0.364. The van der Waals surface area contributed by atoms with Crippen LogP contribution in [0.5, 0.6) is 5.75 Å². The maximum absolute atomic E-state index is 11.0. The van der Waals surface area contributed by atoms with Crippen molar-refractivity contribution < 1.29 is 14.6 Å². The van der Waals surface area contributed by atoms with Crippen LogP contribution >= 0.6 is 15.9 Å². The third kappa shape index (κ3) is 2.72. The average molecular weight is 273 g/mol. The first-order chi connectivity index (χ1) is 7.10. The van der Waals surface area contributed by atoms with Crippen LogP contribution in [-0.4, -0.2) is 18.2 Å². The van der Waals surface area contributed by atoms with Gasteiger partial charge in [-0.05, 0) is 18.6 Å². The van der Waals surface area contributed by atoms with Crippen LogP contribution in [0.15, 0.2) is 22.7 Å². The molecule has 0 aliphatic carbocycles. The summed E-state index contributed by atoms with van der Waals surface area (Å²) < 4.78 is 6.04. The van der Waals surface area contributed by atoms with Gasteiger partial charge in [0.05, 0.1) is 13.0 Å². The number of carboxylic acids is 1. The van der Waals surface area contributed by atoms with E-state index in [0.717, 1.165) is 10.0 Å². The summed E-state index contributed by atoms with van der Waals surface area (Å²) >= 11 is 3.32. The van der Waals surface area contributed by atoms with Gasteiger partial charge in [0, 0.05) is 10.0 Å². The summed E-state index contributed by atoms with van der Waals surface area (Å²) in [7, 11) is 1.54. The summed E-state index contributed by atoms with van der Waals surface area (Å²) in [5.41, 5.74) is 0.718. The summed E-state index contributed by atoms with van der Waals surface area (Å²) in [5.74, 6) is -0.718. The van der Waals surface area contributed by atoms with Gasteiger partial charge < -0.3 is 9.84 Å². The largest absolute Gasteiger partial charge is 0.496 e. The number of rotatable bonds is 4. The summed E-state index contributed by atoms with van der Waals surface area (Å²) in [6.45, 7) is 1.85. The highest BCUT2D eigenvalue weighted by atomic mass is 79.9. The Hall–Kier alpha value is -1.03. The Morgan fingerprint density at radius 1 is 1.60 bits per heavy atom. The summed E-state index contributed by atoms with van der Waals surface area (Å²) in [6, 6.07) is 5.38. The topological polar surface area (TPSA) is 46.5 Å².